The van der Waals surface area contributed by atoms with E-state index >= 15 is 0 Å². The molecule has 0 radical (unpaired) electrons. The van der Waals surface area contributed by atoms with Crippen LogP contribution in [0.1, 0.15) is 43.0 Å². The third-order valence-corrected chi connectivity index (χ3v) is 8.11. The Hall–Kier alpha value is -3.64. The number of benzene rings is 1. The minimum atomic E-state index is -4.87. The van der Waals surface area contributed by atoms with Crippen LogP contribution in [0.4, 0.5) is 26.3 Å². The molecule has 0 bridgehead atoms. The van der Waals surface area contributed by atoms with Crippen LogP contribution in [0.15, 0.2) is 36.7 Å². The fourth-order valence-electron chi connectivity index (χ4n) is 5.86. The number of hydrogen-bond donors (Lipinski definition) is 4. The maximum absolute atomic E-state index is 14.1. The van der Waals surface area contributed by atoms with Crippen LogP contribution in [-0.4, -0.2) is 94.4 Å². The van der Waals surface area contributed by atoms with Crippen molar-refractivity contribution in [3.8, 4) is 11.3 Å². The molecular weight excluding hydrogens is 616 g/mol. The van der Waals surface area contributed by atoms with E-state index in [1.165, 1.54) is 6.07 Å². The molecular formula is C28H29F6N5O6. The van der Waals surface area contributed by atoms with Gasteiger partial charge in [0.25, 0.3) is 5.91 Å². The third kappa shape index (κ3) is 6.53. The van der Waals surface area contributed by atoms with Crippen LogP contribution in [0.3, 0.4) is 0 Å². The zero-order valence-corrected chi connectivity index (χ0v) is 23.4. The predicted molar refractivity (Wildman–Crippen MR) is 140 cm³/mol. The molecule has 11 nitrogen and oxygen atoms in total. The molecule has 244 valence electrons. The maximum Gasteiger partial charge on any atom is 0.433 e. The first-order valence-electron chi connectivity index (χ1n) is 14.0. The summed E-state index contributed by atoms with van der Waals surface area (Å²) in [5.41, 5.74) is -2.07. The molecule has 17 heteroatoms. The van der Waals surface area contributed by atoms with E-state index in [1.54, 1.807) is 0 Å². The van der Waals surface area contributed by atoms with Crippen molar-refractivity contribution in [3.63, 3.8) is 0 Å². The Morgan fingerprint density at radius 3 is 2.40 bits per heavy atom. The number of alkyl halides is 3. The zero-order chi connectivity index (χ0) is 32.6. The molecule has 2 fully saturated rings. The Morgan fingerprint density at radius 1 is 1.07 bits per heavy atom. The molecule has 5 rings (SSSR count). The van der Waals surface area contributed by atoms with Gasteiger partial charge in [-0.15, -0.1) is 5.10 Å². The van der Waals surface area contributed by atoms with Gasteiger partial charge in [-0.3, -0.25) is 9.78 Å². The number of amides is 1. The lowest BCUT2D eigenvalue weighted by atomic mass is 9.88. The van der Waals surface area contributed by atoms with Gasteiger partial charge in [-0.05, 0) is 31.0 Å². The number of aliphatic hydroxyl groups is 4. The van der Waals surface area contributed by atoms with Crippen molar-refractivity contribution < 1.29 is 56.3 Å². The molecule has 2 aromatic heterocycles. The van der Waals surface area contributed by atoms with Gasteiger partial charge in [-0.25, -0.2) is 17.9 Å². The van der Waals surface area contributed by atoms with Crippen molar-refractivity contribution in [1.82, 2.24) is 24.9 Å². The third-order valence-electron chi connectivity index (χ3n) is 8.11. The Labute approximate surface area is 251 Å². The molecule has 1 aliphatic heterocycles. The van der Waals surface area contributed by atoms with Crippen molar-refractivity contribution in [3.05, 3.63) is 65.4 Å². The van der Waals surface area contributed by atoms with E-state index < -0.39 is 91.0 Å². The van der Waals surface area contributed by atoms with E-state index in [-0.39, 0.29) is 29.7 Å². The summed E-state index contributed by atoms with van der Waals surface area (Å²) in [6.45, 7) is -1.53. The van der Waals surface area contributed by atoms with Crippen LogP contribution in [0.5, 0.6) is 0 Å². The number of carbonyl (C=O) groups excluding carboxylic acids is 1. The molecule has 0 unspecified atom stereocenters. The van der Waals surface area contributed by atoms with Gasteiger partial charge >= 0.3 is 6.18 Å². The molecule has 1 saturated heterocycles. The van der Waals surface area contributed by atoms with Gasteiger partial charge in [0, 0.05) is 23.9 Å². The average molecular weight is 646 g/mol. The summed E-state index contributed by atoms with van der Waals surface area (Å²) in [6, 6.07) is 1.14. The molecule has 3 heterocycles. The van der Waals surface area contributed by atoms with Crippen molar-refractivity contribution in [2.45, 2.75) is 81.0 Å². The number of aromatic nitrogens is 4. The number of aliphatic hydroxyl groups excluding tert-OH is 4. The van der Waals surface area contributed by atoms with Gasteiger partial charge in [0.15, 0.2) is 23.6 Å². The van der Waals surface area contributed by atoms with Gasteiger partial charge in [0.05, 0.1) is 24.9 Å². The summed E-state index contributed by atoms with van der Waals surface area (Å²) in [5.74, 6) is -5.77. The van der Waals surface area contributed by atoms with Gasteiger partial charge < -0.3 is 30.1 Å². The normalized spacial score (nSPS) is 27.4. The standard InChI is InChI=1S/C28H29F6N5O6/c29-15-8-14(9-16(30)21(15)31)17-11-39(37-36-17)22-23(42)20(12-40)45-25(24(22)43)27(44)38(18-5-1-2-6-19(18)41)10-13-4-3-7-35-26(13)28(32,33)34/h3-4,7-9,11,18-20,22-25,40-43H,1-2,5-6,10,12H2/t18-,19-,20+,22-,23-,24+,25+/m0/s1. The lowest BCUT2D eigenvalue weighted by Gasteiger charge is -2.45. The summed E-state index contributed by atoms with van der Waals surface area (Å²) < 4.78 is 89.0. The van der Waals surface area contributed by atoms with Crippen LogP contribution in [0.25, 0.3) is 11.3 Å². The van der Waals surface area contributed by atoms with Crippen molar-refractivity contribution >= 4 is 5.91 Å². The molecule has 1 saturated carbocycles. The van der Waals surface area contributed by atoms with Crippen LogP contribution in [0.2, 0.25) is 0 Å². The summed E-state index contributed by atoms with van der Waals surface area (Å²) in [6.07, 6.45) is -9.41. The Bertz CT molecular complexity index is 1500. The number of halogens is 6. The first-order chi connectivity index (χ1) is 21.3. The fourth-order valence-corrected chi connectivity index (χ4v) is 5.86. The van der Waals surface area contributed by atoms with E-state index in [1.807, 2.05) is 0 Å². The molecule has 2 aliphatic rings. The van der Waals surface area contributed by atoms with E-state index in [0.717, 1.165) is 28.0 Å². The number of hydrogen-bond acceptors (Lipinski definition) is 9. The number of ether oxygens (including phenoxy) is 1. The highest BCUT2D eigenvalue weighted by Crippen LogP contribution is 2.36. The summed E-state index contributed by atoms with van der Waals surface area (Å²) in [5, 5.41) is 50.6. The number of carbonyl (C=O) groups is 1. The second kappa shape index (κ2) is 13.0. The van der Waals surface area contributed by atoms with Gasteiger partial charge in [-0.2, -0.15) is 13.2 Å². The quantitative estimate of drug-likeness (QED) is 0.224. The second-order valence-electron chi connectivity index (χ2n) is 11.0. The topological polar surface area (TPSA) is 154 Å². The number of nitrogens with zero attached hydrogens (tertiary/aromatic N) is 5. The summed E-state index contributed by atoms with van der Waals surface area (Å²) >= 11 is 0. The minimum absolute atomic E-state index is 0.203. The summed E-state index contributed by atoms with van der Waals surface area (Å²) in [4.78, 5) is 18.5. The molecule has 7 atom stereocenters. The van der Waals surface area contributed by atoms with Crippen LogP contribution < -0.4 is 0 Å². The van der Waals surface area contributed by atoms with Crippen LogP contribution >= 0.6 is 0 Å². The summed E-state index contributed by atoms with van der Waals surface area (Å²) in [7, 11) is 0. The predicted octanol–water partition coefficient (Wildman–Crippen LogP) is 2.13. The van der Waals surface area contributed by atoms with Crippen LogP contribution in [-0.2, 0) is 22.3 Å². The lowest BCUT2D eigenvalue weighted by Crippen LogP contribution is -2.62. The largest absolute Gasteiger partial charge is 0.433 e. The second-order valence-corrected chi connectivity index (χ2v) is 11.0. The van der Waals surface area contributed by atoms with Gasteiger partial charge in [0.1, 0.15) is 35.7 Å². The molecule has 0 spiro atoms. The highest BCUT2D eigenvalue weighted by Gasteiger charge is 2.51. The van der Waals surface area contributed by atoms with E-state index in [2.05, 4.69) is 15.3 Å². The maximum atomic E-state index is 14.1. The Balaban J connectivity index is 1.50. The average Bonchev–Trinajstić information content (AvgIpc) is 3.48. The van der Waals surface area contributed by atoms with Crippen LogP contribution in [0, 0.1) is 17.5 Å². The van der Waals surface area contributed by atoms with E-state index in [0.29, 0.717) is 25.0 Å². The highest BCUT2D eigenvalue weighted by atomic mass is 19.4. The molecule has 3 aromatic rings. The fraction of sp³-hybridized carbons (Fsp3) is 0.500. The first-order valence-corrected chi connectivity index (χ1v) is 14.0. The SMILES string of the molecule is O=C([C@@H]1O[C@H](CO)[C@H](O)[C@H](n2cc(-c3cc(F)c(F)c(F)c3)nn2)[C@H]1O)N(Cc1cccnc1C(F)(F)F)[C@H]1CCCC[C@@H]1O. The molecule has 45 heavy (non-hydrogen) atoms. The Kier molecular flexibility index (Phi) is 9.46. The lowest BCUT2D eigenvalue weighted by molar-refractivity contribution is -0.214. The highest BCUT2D eigenvalue weighted by molar-refractivity contribution is 5.82. The Morgan fingerprint density at radius 2 is 1.76 bits per heavy atom. The molecule has 1 amide bonds. The van der Waals surface area contributed by atoms with E-state index in [4.69, 9.17) is 4.74 Å². The number of pyridine rings is 1. The smallest absolute Gasteiger partial charge is 0.394 e. The first kappa shape index (κ1) is 32.7. The van der Waals surface area contributed by atoms with Crippen molar-refractivity contribution in [1.29, 1.82) is 0 Å². The number of rotatable bonds is 7. The van der Waals surface area contributed by atoms with Gasteiger partial charge in [-0.1, -0.05) is 24.1 Å². The molecule has 4 N–H and O–H groups in total. The van der Waals surface area contributed by atoms with Crippen molar-refractivity contribution in [2.24, 2.45) is 0 Å². The zero-order valence-electron chi connectivity index (χ0n) is 23.4. The van der Waals surface area contributed by atoms with Crippen molar-refractivity contribution in [2.75, 3.05) is 6.61 Å². The van der Waals surface area contributed by atoms with Gasteiger partial charge in [0.2, 0.25) is 0 Å². The minimum Gasteiger partial charge on any atom is -0.394 e. The monoisotopic (exact) mass is 645 g/mol. The molecule has 1 aromatic carbocycles. The molecule has 1 aliphatic carbocycles. The van der Waals surface area contributed by atoms with E-state index in [9.17, 15) is 51.6 Å².